The van der Waals surface area contributed by atoms with Gasteiger partial charge in [0.05, 0.1) is 61.7 Å². The average Bonchev–Trinajstić information content (AvgIpc) is 3.13. The summed E-state index contributed by atoms with van der Waals surface area (Å²) in [6, 6.07) is 18.3. The Morgan fingerprint density at radius 1 is 0.667 bits per heavy atom. The van der Waals surface area contributed by atoms with Crippen molar-refractivity contribution in [2.75, 3.05) is 37.1 Å². The number of benzene rings is 2. The molecule has 0 atom stereocenters. The van der Waals surface area contributed by atoms with Crippen LogP contribution in [-0.4, -0.2) is 77.2 Å². The zero-order chi connectivity index (χ0) is 44.6. The second-order valence-corrected chi connectivity index (χ2v) is 18.5. The smallest absolute Gasteiger partial charge is 0.220 e. The predicted octanol–water partition coefficient (Wildman–Crippen LogP) is 13.1. The number of ether oxygens (including phenoxy) is 3. The molecule has 0 bridgehead atoms. The van der Waals surface area contributed by atoms with Crippen LogP contribution >= 0.6 is 58.5 Å². The number of carbonyl (C=O) groups is 3. The van der Waals surface area contributed by atoms with E-state index in [1.54, 1.807) is 18.2 Å². The van der Waals surface area contributed by atoms with Crippen LogP contribution in [-0.2, 0) is 19.0 Å². The van der Waals surface area contributed by atoms with Crippen LogP contribution in [0.4, 0.5) is 0 Å². The van der Waals surface area contributed by atoms with Crippen LogP contribution in [0.5, 0.6) is 0 Å². The van der Waals surface area contributed by atoms with Gasteiger partial charge in [-0.2, -0.15) is 22.3 Å². The number of aldehydes is 1. The Kier molecular flexibility index (Phi) is 47.0. The first-order valence-electron chi connectivity index (χ1n) is 19.2. The largest absolute Gasteiger partial charge is 0.378 e. The minimum atomic E-state index is -0.0565. The molecule has 13 heteroatoms. The van der Waals surface area contributed by atoms with Crippen molar-refractivity contribution in [2.24, 2.45) is 11.8 Å². The van der Waals surface area contributed by atoms with E-state index < -0.39 is 0 Å². The van der Waals surface area contributed by atoms with Gasteiger partial charge < -0.3 is 19.0 Å². The van der Waals surface area contributed by atoms with Gasteiger partial charge in [-0.1, -0.05) is 126 Å². The Balaban J connectivity index is -0.000000318. The van der Waals surface area contributed by atoms with Crippen molar-refractivity contribution in [1.82, 2.24) is 0 Å². The maximum absolute atomic E-state index is 11.8. The highest BCUT2D eigenvalue weighted by Crippen LogP contribution is 2.24. The van der Waals surface area contributed by atoms with Crippen LogP contribution in [0.25, 0.3) is 0 Å². The van der Waals surface area contributed by atoms with Gasteiger partial charge in [-0.15, -0.1) is 0 Å². The van der Waals surface area contributed by atoms with Crippen LogP contribution in [0.3, 0.4) is 0 Å². The molecule has 57 heavy (non-hydrogen) atoms. The Morgan fingerprint density at radius 2 is 1.11 bits per heavy atom. The van der Waals surface area contributed by atoms with Gasteiger partial charge in [0, 0.05) is 45.7 Å². The van der Waals surface area contributed by atoms with Crippen LogP contribution in [0.1, 0.15) is 124 Å². The van der Waals surface area contributed by atoms with Crippen molar-refractivity contribution >= 4 is 75.0 Å². The van der Waals surface area contributed by atoms with Crippen LogP contribution < -0.4 is 0 Å². The monoisotopic (exact) mass is 888 g/mol. The summed E-state index contributed by atoms with van der Waals surface area (Å²) in [4.78, 5) is 32.9. The van der Waals surface area contributed by atoms with Crippen molar-refractivity contribution in [2.45, 2.75) is 126 Å². The summed E-state index contributed by atoms with van der Waals surface area (Å²) < 4.78 is 15.8. The number of halogens is 2. The van der Waals surface area contributed by atoms with Crippen LogP contribution in [0.15, 0.2) is 48.5 Å². The first kappa shape index (κ1) is 61.6. The van der Waals surface area contributed by atoms with Crippen LogP contribution in [0, 0.1) is 34.5 Å². The second kappa shape index (κ2) is 43.5. The van der Waals surface area contributed by atoms with Crippen molar-refractivity contribution in [3.05, 3.63) is 69.7 Å². The molecule has 0 unspecified atom stereocenters. The Morgan fingerprint density at radius 3 is 1.49 bits per heavy atom. The quantitative estimate of drug-likeness (QED) is 0.111. The van der Waals surface area contributed by atoms with E-state index in [0.29, 0.717) is 65.0 Å². The van der Waals surface area contributed by atoms with E-state index in [-0.39, 0.29) is 34.5 Å². The first-order chi connectivity index (χ1) is 26.7. The average molecular weight is 890 g/mol. The lowest BCUT2D eigenvalue weighted by Crippen LogP contribution is -2.07. The van der Waals surface area contributed by atoms with Gasteiger partial charge in [-0.05, 0) is 70.9 Å². The van der Waals surface area contributed by atoms with E-state index in [9.17, 15) is 14.4 Å². The van der Waals surface area contributed by atoms with Gasteiger partial charge in [0.1, 0.15) is 6.29 Å². The molecule has 0 aliphatic rings. The van der Waals surface area contributed by atoms with Gasteiger partial charge in [-0.3, -0.25) is 9.59 Å². The second-order valence-electron chi connectivity index (χ2n) is 13.9. The summed E-state index contributed by atoms with van der Waals surface area (Å²) >= 11 is 16.0. The molecule has 0 heterocycles. The van der Waals surface area contributed by atoms with E-state index in [1.165, 1.54) is 23.5 Å². The molecule has 324 valence electrons. The van der Waals surface area contributed by atoms with Gasteiger partial charge in [-0.25, -0.2) is 0 Å². The van der Waals surface area contributed by atoms with Gasteiger partial charge in [0.15, 0.2) is 0 Å². The molecule has 0 fully saturated rings. The molecule has 2 rings (SSSR count). The van der Waals surface area contributed by atoms with Crippen molar-refractivity contribution in [1.29, 1.82) is 10.5 Å². The molecule has 0 N–H and O–H groups in total. The summed E-state index contributed by atoms with van der Waals surface area (Å²) in [5.41, 5.74) is 1.25. The molecular formula is C44H70Cl2N2O6S3. The molecule has 8 nitrogen and oxygen atoms in total. The number of carbonyl (C=O) groups excluding carboxylic acids is 3. The Hall–Kier alpha value is -2.06. The summed E-state index contributed by atoms with van der Waals surface area (Å²) in [5.74, 6) is 3.35. The summed E-state index contributed by atoms with van der Waals surface area (Å²) in [5, 5.41) is 17.8. The number of thioether (sulfide) groups is 3. The third kappa shape index (κ3) is 51.9. The number of hydrogen-bond donors (Lipinski definition) is 0. The molecule has 0 amide bonds. The lowest BCUT2D eigenvalue weighted by Gasteiger charge is -2.07. The molecule has 0 saturated heterocycles. The standard InChI is InChI=1S/C12H14Cl2O2S.C12H16O2S.C6H11NO.C6H11NS.C4H8O.C4H10/c1-8(2)16-5-6-17-12(15)10-4-3-9(13)7-11(10)14;1-10(2)14-8-9-15-12(13)11-6-4-3-5-7-11;2*1-6(2)8-5-3-4-7;1-4(2)3-5;1-4(2)3/h3-4,7-8H,5-6H2,1-2H3;3-7,10H,8-9H2,1-2H3;2*6H,3,5H2,1-2H3;3-4H,1-2H3;4H,1-3H3. The van der Waals surface area contributed by atoms with Crippen molar-refractivity contribution < 1.29 is 28.6 Å². The fourth-order valence-corrected chi connectivity index (χ4v) is 5.50. The van der Waals surface area contributed by atoms with Crippen molar-refractivity contribution in [3.63, 3.8) is 0 Å². The molecule has 2 aromatic carbocycles. The van der Waals surface area contributed by atoms with Crippen molar-refractivity contribution in [3.8, 4) is 12.1 Å². The maximum Gasteiger partial charge on any atom is 0.220 e. The zero-order valence-electron chi connectivity index (χ0n) is 36.6. The zero-order valence-corrected chi connectivity index (χ0v) is 40.6. The van der Waals surface area contributed by atoms with E-state index >= 15 is 0 Å². The molecule has 0 radical (unpaired) electrons. The van der Waals surface area contributed by atoms with Gasteiger partial charge >= 0.3 is 0 Å². The fourth-order valence-electron chi connectivity index (χ4n) is 2.91. The highest BCUT2D eigenvalue weighted by Gasteiger charge is 2.11. The van der Waals surface area contributed by atoms with Gasteiger partial charge in [0.25, 0.3) is 0 Å². The first-order valence-corrected chi connectivity index (χ1v) is 23.0. The van der Waals surface area contributed by atoms with E-state index in [4.69, 9.17) is 47.9 Å². The molecule has 0 spiro atoms. The minimum Gasteiger partial charge on any atom is -0.378 e. The lowest BCUT2D eigenvalue weighted by atomic mass is 10.2. The molecule has 2 aromatic rings. The number of rotatable bonds is 17. The number of nitriles is 2. The summed E-state index contributed by atoms with van der Waals surface area (Å²) in [6.45, 7) is 28.0. The minimum absolute atomic E-state index is 0.0565. The molecule has 0 aliphatic carbocycles. The molecule has 0 saturated carbocycles. The Labute approximate surface area is 369 Å². The number of hydrogen-bond acceptors (Lipinski definition) is 11. The third-order valence-electron chi connectivity index (χ3n) is 5.30. The molecule has 0 aromatic heterocycles. The molecular weight excluding hydrogens is 820 g/mol. The highest BCUT2D eigenvalue weighted by atomic mass is 35.5. The molecule has 0 aliphatic heterocycles. The maximum atomic E-state index is 11.8. The van der Waals surface area contributed by atoms with E-state index in [2.05, 4.69) is 40.7 Å². The third-order valence-corrected chi connectivity index (χ3v) is 8.67. The fraction of sp³-hybridized carbons (Fsp3) is 0.614. The van der Waals surface area contributed by atoms with Crippen LogP contribution in [0.2, 0.25) is 10.0 Å². The lowest BCUT2D eigenvalue weighted by molar-refractivity contribution is -0.110. The van der Waals surface area contributed by atoms with E-state index in [0.717, 1.165) is 23.5 Å². The predicted molar refractivity (Wildman–Crippen MR) is 249 cm³/mol. The normalized spacial score (nSPS) is 10.0. The van der Waals surface area contributed by atoms with Gasteiger partial charge in [0.2, 0.25) is 10.2 Å². The summed E-state index contributed by atoms with van der Waals surface area (Å²) in [7, 11) is 0. The topological polar surface area (TPSA) is 126 Å². The summed E-state index contributed by atoms with van der Waals surface area (Å²) in [6.07, 6.45) is 2.77. The SMILES string of the molecule is CC(C)C.CC(C)C=O.CC(C)OCCC#N.CC(C)OCCSC(=O)c1ccc(Cl)cc1Cl.CC(C)OCCSC(=O)c1ccccc1.CC(C)SCCC#N. The Bertz CT molecular complexity index is 1320. The number of nitrogens with zero attached hydrogens (tertiary/aromatic N) is 2. The highest BCUT2D eigenvalue weighted by molar-refractivity contribution is 8.14. The van der Waals surface area contributed by atoms with E-state index in [1.807, 2.05) is 104 Å².